The van der Waals surface area contributed by atoms with Gasteiger partial charge in [0.1, 0.15) is 0 Å². The van der Waals surface area contributed by atoms with Crippen molar-refractivity contribution in [3.05, 3.63) is 63.9 Å². The molecule has 0 aliphatic rings. The molecule has 0 saturated heterocycles. The number of hydrogen-bond acceptors (Lipinski definition) is 4. The van der Waals surface area contributed by atoms with Crippen molar-refractivity contribution >= 4 is 28.6 Å². The molecule has 0 bridgehead atoms. The Morgan fingerprint density at radius 2 is 1.93 bits per heavy atom. The monoisotopic (exact) mass is 395 g/mol. The van der Waals surface area contributed by atoms with Crippen LogP contribution in [0.3, 0.4) is 0 Å². The van der Waals surface area contributed by atoms with Crippen molar-refractivity contribution in [3.63, 3.8) is 0 Å². The minimum absolute atomic E-state index is 0.0617. The number of nitrogens with zero attached hydrogens (tertiary/aromatic N) is 2. The van der Waals surface area contributed by atoms with E-state index >= 15 is 0 Å². The molecule has 1 atom stereocenters. The lowest BCUT2D eigenvalue weighted by Gasteiger charge is -2.15. The van der Waals surface area contributed by atoms with Crippen LogP contribution in [0.1, 0.15) is 31.4 Å². The van der Waals surface area contributed by atoms with Crippen LogP contribution in [0.15, 0.2) is 52.4 Å². The second-order valence-corrected chi connectivity index (χ2v) is 7.93. The fourth-order valence-electron chi connectivity index (χ4n) is 2.85. The number of thioether (sulfide) groups is 1. The summed E-state index contributed by atoms with van der Waals surface area (Å²) < 4.78 is 1.61. The van der Waals surface area contributed by atoms with Gasteiger partial charge >= 0.3 is 0 Å². The summed E-state index contributed by atoms with van der Waals surface area (Å²) in [6.45, 7) is 8.06. The first-order chi connectivity index (χ1) is 13.4. The van der Waals surface area contributed by atoms with Crippen molar-refractivity contribution in [2.45, 2.75) is 45.3 Å². The van der Waals surface area contributed by atoms with E-state index in [1.54, 1.807) is 10.6 Å². The van der Waals surface area contributed by atoms with E-state index in [1.165, 1.54) is 11.8 Å². The molecule has 0 radical (unpaired) electrons. The van der Waals surface area contributed by atoms with Crippen LogP contribution in [0, 0.1) is 13.8 Å². The lowest BCUT2D eigenvalue weighted by Crippen LogP contribution is -2.33. The Morgan fingerprint density at radius 3 is 2.64 bits per heavy atom. The predicted molar refractivity (Wildman–Crippen MR) is 115 cm³/mol. The number of para-hydroxylation sites is 1. The number of carbonyl (C=O) groups excluding carboxylic acids is 1. The second kappa shape index (κ2) is 8.61. The van der Waals surface area contributed by atoms with E-state index in [2.05, 4.69) is 10.3 Å². The highest BCUT2D eigenvalue weighted by Gasteiger charge is 2.15. The van der Waals surface area contributed by atoms with Crippen LogP contribution >= 0.6 is 11.8 Å². The number of carbonyl (C=O) groups is 1. The number of aryl methyl sites for hydroxylation is 2. The molecule has 146 valence electrons. The van der Waals surface area contributed by atoms with E-state index in [0.29, 0.717) is 16.1 Å². The molecule has 0 aliphatic heterocycles. The standard InChI is InChI=1S/C22H25N3O2S/c1-5-16(4)23-20(26)13-28-22-24-19-9-7-6-8-18(19)21(27)25(22)17-11-10-14(2)15(3)12-17/h6-12,16H,5,13H2,1-4H3,(H,23,26)/t16-/m0/s1. The number of fused-ring (bicyclic) bond motifs is 1. The molecule has 2 aromatic carbocycles. The van der Waals surface area contributed by atoms with Crippen LogP contribution in [-0.4, -0.2) is 27.3 Å². The Hall–Kier alpha value is -2.60. The fraction of sp³-hybridized carbons (Fsp3) is 0.318. The van der Waals surface area contributed by atoms with E-state index in [1.807, 2.05) is 64.1 Å². The van der Waals surface area contributed by atoms with Crippen molar-refractivity contribution < 1.29 is 4.79 Å². The summed E-state index contributed by atoms with van der Waals surface area (Å²) in [5, 5.41) is 4.04. The SMILES string of the molecule is CC[C@H](C)NC(=O)CSc1nc2ccccc2c(=O)n1-c1ccc(C)c(C)c1. The third-order valence-corrected chi connectivity index (χ3v) is 5.78. The topological polar surface area (TPSA) is 64.0 Å². The maximum absolute atomic E-state index is 13.2. The minimum Gasteiger partial charge on any atom is -0.353 e. The van der Waals surface area contributed by atoms with Crippen LogP contribution in [0.5, 0.6) is 0 Å². The zero-order valence-electron chi connectivity index (χ0n) is 16.7. The summed E-state index contributed by atoms with van der Waals surface area (Å²) in [5.74, 6) is 0.147. The van der Waals surface area contributed by atoms with Gasteiger partial charge in [-0.05, 0) is 62.6 Å². The lowest BCUT2D eigenvalue weighted by atomic mass is 10.1. The summed E-state index contributed by atoms with van der Waals surface area (Å²) >= 11 is 1.28. The van der Waals surface area contributed by atoms with Crippen LogP contribution in [-0.2, 0) is 4.79 Å². The van der Waals surface area contributed by atoms with Gasteiger partial charge in [0.05, 0.1) is 22.3 Å². The summed E-state index contributed by atoms with van der Waals surface area (Å²) in [7, 11) is 0. The molecule has 1 heterocycles. The normalized spacial score (nSPS) is 12.1. The largest absolute Gasteiger partial charge is 0.353 e. The minimum atomic E-state index is -0.126. The Balaban J connectivity index is 2.05. The molecule has 0 aliphatic carbocycles. The van der Waals surface area contributed by atoms with Crippen molar-refractivity contribution in [2.24, 2.45) is 0 Å². The van der Waals surface area contributed by atoms with Gasteiger partial charge in [0.2, 0.25) is 5.91 Å². The third kappa shape index (κ3) is 4.28. The van der Waals surface area contributed by atoms with E-state index in [9.17, 15) is 9.59 Å². The highest BCUT2D eigenvalue weighted by Crippen LogP contribution is 2.22. The van der Waals surface area contributed by atoms with E-state index in [4.69, 9.17) is 0 Å². The zero-order chi connectivity index (χ0) is 20.3. The Bertz CT molecular complexity index is 1080. The molecule has 5 nitrogen and oxygen atoms in total. The van der Waals surface area contributed by atoms with Crippen LogP contribution in [0.4, 0.5) is 0 Å². The molecule has 1 aromatic heterocycles. The molecule has 3 aromatic rings. The van der Waals surface area contributed by atoms with Crippen molar-refractivity contribution in [1.29, 1.82) is 0 Å². The number of benzene rings is 2. The average Bonchev–Trinajstić information content (AvgIpc) is 2.68. The Labute approximate surface area is 169 Å². The number of hydrogen-bond donors (Lipinski definition) is 1. The van der Waals surface area contributed by atoms with Gasteiger partial charge in [-0.3, -0.25) is 14.2 Å². The summed E-state index contributed by atoms with van der Waals surface area (Å²) in [4.78, 5) is 30.1. The molecule has 0 saturated carbocycles. The van der Waals surface area contributed by atoms with E-state index in [-0.39, 0.29) is 23.3 Å². The summed E-state index contributed by atoms with van der Waals surface area (Å²) in [6.07, 6.45) is 0.873. The third-order valence-electron chi connectivity index (χ3n) is 4.85. The summed E-state index contributed by atoms with van der Waals surface area (Å²) in [6, 6.07) is 13.3. The van der Waals surface area contributed by atoms with Crippen molar-refractivity contribution in [1.82, 2.24) is 14.9 Å². The molecule has 0 spiro atoms. The second-order valence-electron chi connectivity index (χ2n) is 6.99. The van der Waals surface area contributed by atoms with Gasteiger partial charge in [0.15, 0.2) is 5.16 Å². The van der Waals surface area contributed by atoms with Gasteiger partial charge in [-0.15, -0.1) is 0 Å². The number of nitrogens with one attached hydrogen (secondary N) is 1. The Morgan fingerprint density at radius 1 is 1.18 bits per heavy atom. The molecule has 0 unspecified atom stereocenters. The quantitative estimate of drug-likeness (QED) is 0.506. The molecule has 1 amide bonds. The maximum Gasteiger partial charge on any atom is 0.266 e. The Kier molecular flexibility index (Phi) is 6.19. The van der Waals surface area contributed by atoms with Gasteiger partial charge in [0.25, 0.3) is 5.56 Å². The van der Waals surface area contributed by atoms with E-state index < -0.39 is 0 Å². The van der Waals surface area contributed by atoms with E-state index in [0.717, 1.165) is 23.2 Å². The van der Waals surface area contributed by atoms with Gasteiger partial charge in [-0.25, -0.2) is 4.98 Å². The molecule has 3 rings (SSSR count). The van der Waals surface area contributed by atoms with Crippen LogP contribution in [0.25, 0.3) is 16.6 Å². The van der Waals surface area contributed by atoms with Gasteiger partial charge in [-0.1, -0.05) is 36.9 Å². The number of amides is 1. The predicted octanol–water partition coefficient (Wildman–Crippen LogP) is 4.01. The summed E-state index contributed by atoms with van der Waals surface area (Å²) in [5.41, 5.74) is 3.53. The average molecular weight is 396 g/mol. The van der Waals surface area contributed by atoms with Gasteiger partial charge < -0.3 is 5.32 Å². The highest BCUT2D eigenvalue weighted by atomic mass is 32.2. The molecular formula is C22H25N3O2S. The van der Waals surface area contributed by atoms with Gasteiger partial charge in [-0.2, -0.15) is 0 Å². The first-order valence-electron chi connectivity index (χ1n) is 9.42. The zero-order valence-corrected chi connectivity index (χ0v) is 17.5. The van der Waals surface area contributed by atoms with Crippen LogP contribution < -0.4 is 10.9 Å². The molecular weight excluding hydrogens is 370 g/mol. The van der Waals surface area contributed by atoms with Crippen molar-refractivity contribution in [3.8, 4) is 5.69 Å². The molecule has 0 fully saturated rings. The smallest absolute Gasteiger partial charge is 0.266 e. The number of rotatable bonds is 6. The number of aromatic nitrogens is 2. The first kappa shape index (κ1) is 20.1. The van der Waals surface area contributed by atoms with Crippen LogP contribution in [0.2, 0.25) is 0 Å². The highest BCUT2D eigenvalue weighted by molar-refractivity contribution is 7.99. The van der Waals surface area contributed by atoms with Gasteiger partial charge in [0, 0.05) is 6.04 Å². The van der Waals surface area contributed by atoms with Crippen molar-refractivity contribution in [2.75, 3.05) is 5.75 Å². The first-order valence-corrected chi connectivity index (χ1v) is 10.4. The lowest BCUT2D eigenvalue weighted by molar-refractivity contribution is -0.119. The molecule has 6 heteroatoms. The molecule has 28 heavy (non-hydrogen) atoms. The maximum atomic E-state index is 13.2. The molecule has 1 N–H and O–H groups in total. The fourth-order valence-corrected chi connectivity index (χ4v) is 3.67.